The zero-order valence-corrected chi connectivity index (χ0v) is 16.3. The van der Waals surface area contributed by atoms with Crippen molar-refractivity contribution in [2.75, 3.05) is 7.11 Å². The van der Waals surface area contributed by atoms with Crippen molar-refractivity contribution in [2.24, 2.45) is 0 Å². The fourth-order valence-electron chi connectivity index (χ4n) is 2.87. The number of carbonyl (C=O) groups is 1. The fourth-order valence-corrected chi connectivity index (χ4v) is 3.60. The molecule has 144 valence electrons. The molecule has 5 nitrogen and oxygen atoms in total. The highest BCUT2D eigenvalue weighted by atomic mass is 32.1. The molecule has 4 aromatic rings. The first kappa shape index (κ1) is 18.7. The van der Waals surface area contributed by atoms with Crippen LogP contribution in [0.25, 0.3) is 27.5 Å². The number of hydrogen-bond acceptors (Lipinski definition) is 6. The molecule has 0 aliphatic carbocycles. The van der Waals surface area contributed by atoms with Gasteiger partial charge in [-0.25, -0.2) is 9.59 Å². The van der Waals surface area contributed by atoms with E-state index in [1.807, 2.05) is 54.6 Å². The molecule has 1 heterocycles. The van der Waals surface area contributed by atoms with Crippen molar-refractivity contribution in [3.8, 4) is 22.6 Å². The van der Waals surface area contributed by atoms with Gasteiger partial charge in [0.25, 0.3) is 0 Å². The van der Waals surface area contributed by atoms with Gasteiger partial charge in [0, 0.05) is 17.7 Å². The van der Waals surface area contributed by atoms with E-state index in [1.165, 1.54) is 6.08 Å². The lowest BCUT2D eigenvalue weighted by Crippen LogP contribution is -2.03. The van der Waals surface area contributed by atoms with Gasteiger partial charge in [-0.15, -0.1) is 0 Å². The first-order valence-corrected chi connectivity index (χ1v) is 9.61. The molecule has 0 N–H and O–H groups in total. The van der Waals surface area contributed by atoms with Crippen LogP contribution in [-0.4, -0.2) is 13.1 Å². The second-order valence-electron chi connectivity index (χ2n) is 6.15. The SMILES string of the molecule is COc1ccc(/C=C/C(=O)Oc2cc(-c3ccccc3)c3oc(=O)sc3c2)cc1. The second-order valence-corrected chi connectivity index (χ2v) is 7.12. The van der Waals surface area contributed by atoms with Crippen LogP contribution in [-0.2, 0) is 4.79 Å². The fraction of sp³-hybridized carbons (Fsp3) is 0.0435. The molecular weight excluding hydrogens is 388 g/mol. The van der Waals surface area contributed by atoms with Crippen LogP contribution in [0.5, 0.6) is 11.5 Å². The molecule has 29 heavy (non-hydrogen) atoms. The smallest absolute Gasteiger partial charge is 0.396 e. The summed E-state index contributed by atoms with van der Waals surface area (Å²) in [7, 11) is 1.60. The maximum absolute atomic E-state index is 12.3. The topological polar surface area (TPSA) is 65.7 Å². The average molecular weight is 404 g/mol. The van der Waals surface area contributed by atoms with Gasteiger partial charge in [0.15, 0.2) is 5.58 Å². The number of fused-ring (bicyclic) bond motifs is 1. The Labute approximate surface area is 170 Å². The van der Waals surface area contributed by atoms with Gasteiger partial charge in [-0.3, -0.25) is 0 Å². The molecule has 4 rings (SSSR count). The summed E-state index contributed by atoms with van der Waals surface area (Å²) in [6.45, 7) is 0. The van der Waals surface area contributed by atoms with E-state index in [-0.39, 0.29) is 0 Å². The van der Waals surface area contributed by atoms with Crippen molar-refractivity contribution in [3.05, 3.63) is 88.1 Å². The van der Waals surface area contributed by atoms with E-state index in [2.05, 4.69) is 0 Å². The van der Waals surface area contributed by atoms with Gasteiger partial charge in [0.1, 0.15) is 11.5 Å². The van der Waals surface area contributed by atoms with E-state index in [0.29, 0.717) is 21.6 Å². The third-order valence-electron chi connectivity index (χ3n) is 4.24. The third-order valence-corrected chi connectivity index (χ3v) is 5.01. The van der Waals surface area contributed by atoms with Gasteiger partial charge in [-0.2, -0.15) is 0 Å². The van der Waals surface area contributed by atoms with Crippen molar-refractivity contribution in [1.29, 1.82) is 0 Å². The van der Waals surface area contributed by atoms with E-state index < -0.39 is 10.9 Å². The van der Waals surface area contributed by atoms with Gasteiger partial charge in [-0.05, 0) is 35.4 Å². The van der Waals surface area contributed by atoms with Crippen LogP contribution >= 0.6 is 11.3 Å². The molecular formula is C23H16O5S. The van der Waals surface area contributed by atoms with Crippen LogP contribution in [0.4, 0.5) is 0 Å². The zero-order valence-electron chi connectivity index (χ0n) is 15.5. The molecule has 0 bridgehead atoms. The maximum atomic E-state index is 12.3. The maximum Gasteiger partial charge on any atom is 0.396 e. The molecule has 0 unspecified atom stereocenters. The largest absolute Gasteiger partial charge is 0.497 e. The second kappa shape index (κ2) is 8.16. The van der Waals surface area contributed by atoms with Crippen LogP contribution in [0.3, 0.4) is 0 Å². The summed E-state index contributed by atoms with van der Waals surface area (Å²) in [5.41, 5.74) is 2.89. The Bertz CT molecular complexity index is 1230. The van der Waals surface area contributed by atoms with E-state index in [0.717, 1.165) is 28.2 Å². The summed E-state index contributed by atoms with van der Waals surface area (Å²) in [6, 6.07) is 20.1. The monoisotopic (exact) mass is 404 g/mol. The third kappa shape index (κ3) is 4.28. The lowest BCUT2D eigenvalue weighted by molar-refractivity contribution is -0.128. The van der Waals surface area contributed by atoms with E-state index >= 15 is 0 Å². The quantitative estimate of drug-likeness (QED) is 0.261. The lowest BCUT2D eigenvalue weighted by atomic mass is 10.0. The number of ether oxygens (including phenoxy) is 2. The minimum Gasteiger partial charge on any atom is -0.497 e. The summed E-state index contributed by atoms with van der Waals surface area (Å²) in [5, 5.41) is 0. The Kier molecular flexibility index (Phi) is 5.27. The first-order valence-electron chi connectivity index (χ1n) is 8.79. The Morgan fingerprint density at radius 1 is 1.00 bits per heavy atom. The van der Waals surface area contributed by atoms with Crippen LogP contribution in [0, 0.1) is 0 Å². The van der Waals surface area contributed by atoms with Crippen molar-refractivity contribution in [3.63, 3.8) is 0 Å². The van der Waals surface area contributed by atoms with Crippen molar-refractivity contribution in [1.82, 2.24) is 0 Å². The Morgan fingerprint density at radius 3 is 2.48 bits per heavy atom. The molecule has 0 aliphatic heterocycles. The van der Waals surface area contributed by atoms with E-state index in [4.69, 9.17) is 13.9 Å². The number of carbonyl (C=O) groups excluding carboxylic acids is 1. The van der Waals surface area contributed by atoms with Crippen LogP contribution in [0.1, 0.15) is 5.56 Å². The van der Waals surface area contributed by atoms with Gasteiger partial charge in [0.05, 0.1) is 11.8 Å². The summed E-state index contributed by atoms with van der Waals surface area (Å²) in [4.78, 5) is 23.6. The van der Waals surface area contributed by atoms with Gasteiger partial charge < -0.3 is 13.9 Å². The lowest BCUT2D eigenvalue weighted by Gasteiger charge is -2.06. The van der Waals surface area contributed by atoms with Gasteiger partial charge in [0.2, 0.25) is 0 Å². The molecule has 0 amide bonds. The van der Waals surface area contributed by atoms with Crippen LogP contribution in [0.15, 0.2) is 82.0 Å². The Morgan fingerprint density at radius 2 is 1.76 bits per heavy atom. The molecule has 0 fully saturated rings. The molecule has 0 saturated heterocycles. The summed E-state index contributed by atoms with van der Waals surface area (Å²) in [5.74, 6) is 0.568. The minimum atomic E-state index is -0.518. The normalized spacial score (nSPS) is 11.1. The van der Waals surface area contributed by atoms with Crippen molar-refractivity contribution < 1.29 is 18.7 Å². The van der Waals surface area contributed by atoms with Crippen molar-refractivity contribution >= 4 is 33.7 Å². The Hall–Kier alpha value is -3.64. The summed E-state index contributed by atoms with van der Waals surface area (Å²) >= 11 is 0.973. The molecule has 0 spiro atoms. The molecule has 6 heteroatoms. The first-order chi connectivity index (χ1) is 14.1. The molecule has 0 aliphatic rings. The summed E-state index contributed by atoms with van der Waals surface area (Å²) < 4.78 is 16.5. The standard InChI is InChI=1S/C23H16O5S/c1-26-17-10-7-15(8-11-17)9-12-21(24)27-18-13-19(16-5-3-2-4-6-16)22-20(14-18)29-23(25)28-22/h2-14H,1H3/b12-9+. The number of rotatable bonds is 5. The molecule has 3 aromatic carbocycles. The van der Waals surface area contributed by atoms with E-state index in [1.54, 1.807) is 25.3 Å². The van der Waals surface area contributed by atoms with Gasteiger partial charge in [-0.1, -0.05) is 53.8 Å². The Balaban J connectivity index is 1.61. The van der Waals surface area contributed by atoms with E-state index in [9.17, 15) is 9.59 Å². The average Bonchev–Trinajstić information content (AvgIpc) is 3.12. The number of methoxy groups -OCH3 is 1. The van der Waals surface area contributed by atoms with Crippen LogP contribution in [0.2, 0.25) is 0 Å². The molecule has 1 aromatic heterocycles. The number of benzene rings is 3. The number of esters is 1. The number of hydrogen-bond donors (Lipinski definition) is 0. The molecule has 0 saturated carbocycles. The zero-order chi connectivity index (χ0) is 20.2. The van der Waals surface area contributed by atoms with Crippen molar-refractivity contribution in [2.45, 2.75) is 0 Å². The van der Waals surface area contributed by atoms with Gasteiger partial charge >= 0.3 is 10.9 Å². The highest BCUT2D eigenvalue weighted by Gasteiger charge is 2.14. The predicted molar refractivity (Wildman–Crippen MR) is 113 cm³/mol. The highest BCUT2D eigenvalue weighted by molar-refractivity contribution is 7.16. The summed E-state index contributed by atoms with van der Waals surface area (Å²) in [6.07, 6.45) is 3.01. The molecule has 0 radical (unpaired) electrons. The highest BCUT2D eigenvalue weighted by Crippen LogP contribution is 2.34. The van der Waals surface area contributed by atoms with Crippen LogP contribution < -0.4 is 14.4 Å². The molecule has 0 atom stereocenters. The minimum absolute atomic E-state index is 0.345. The predicted octanol–water partition coefficient (Wildman–Crippen LogP) is 5.15.